The lowest BCUT2D eigenvalue weighted by Gasteiger charge is -2.23. The first-order valence-corrected chi connectivity index (χ1v) is 6.97. The maximum Gasteiger partial charge on any atom is 0.0382 e. The summed E-state index contributed by atoms with van der Waals surface area (Å²) in [5, 5.41) is 6.78. The lowest BCUT2D eigenvalue weighted by molar-refractivity contribution is 0.638. The van der Waals surface area contributed by atoms with Crippen LogP contribution >= 0.6 is 15.9 Å². The van der Waals surface area contributed by atoms with E-state index in [1.165, 1.54) is 30.6 Å². The van der Waals surface area contributed by atoms with Gasteiger partial charge in [-0.05, 0) is 57.0 Å². The number of allylic oxidation sites excluding steroid dienone is 1. The van der Waals surface area contributed by atoms with Crippen molar-refractivity contribution < 1.29 is 0 Å². The molecule has 0 bridgehead atoms. The van der Waals surface area contributed by atoms with Crippen molar-refractivity contribution in [1.29, 1.82) is 0 Å². The zero-order valence-electron chi connectivity index (χ0n) is 10.2. The number of nitrogens with one attached hydrogen (secondary N) is 2. The molecule has 1 saturated carbocycles. The molecule has 0 aromatic heterocycles. The highest BCUT2D eigenvalue weighted by Gasteiger charge is 2.14. The highest BCUT2D eigenvalue weighted by atomic mass is 79.9. The summed E-state index contributed by atoms with van der Waals surface area (Å²) in [5.74, 6) is 0. The fourth-order valence-electron chi connectivity index (χ4n) is 1.94. The number of hydrogen-bond acceptors (Lipinski definition) is 2. The highest BCUT2D eigenvalue weighted by molar-refractivity contribution is 9.10. The lowest BCUT2D eigenvalue weighted by Crippen LogP contribution is -2.15. The fraction of sp³-hybridized carbons (Fsp3) is 0.429. The summed E-state index contributed by atoms with van der Waals surface area (Å²) in [5.41, 5.74) is 4.19. The maximum atomic E-state index is 3.56. The van der Waals surface area contributed by atoms with Crippen LogP contribution in [0.3, 0.4) is 0 Å². The Hall–Kier alpha value is -0.800. The van der Waals surface area contributed by atoms with Crippen molar-refractivity contribution in [3.63, 3.8) is 0 Å². The Labute approximate surface area is 112 Å². The molecule has 0 unspecified atom stereocenters. The minimum Gasteiger partial charge on any atom is -0.359 e. The molecule has 2 nitrogen and oxygen atoms in total. The molecular weight excluding hydrogens is 276 g/mol. The van der Waals surface area contributed by atoms with Gasteiger partial charge in [-0.25, -0.2) is 0 Å². The second-order valence-corrected chi connectivity index (χ2v) is 5.34. The monoisotopic (exact) mass is 294 g/mol. The van der Waals surface area contributed by atoms with Crippen molar-refractivity contribution in [1.82, 2.24) is 5.32 Å². The third kappa shape index (κ3) is 3.58. The van der Waals surface area contributed by atoms with Crippen LogP contribution in [0.15, 0.2) is 40.0 Å². The van der Waals surface area contributed by atoms with Crippen LogP contribution in [-0.2, 0) is 0 Å². The van der Waals surface area contributed by atoms with Crippen molar-refractivity contribution in [2.75, 3.05) is 18.9 Å². The van der Waals surface area contributed by atoms with Gasteiger partial charge in [0.15, 0.2) is 0 Å². The average molecular weight is 295 g/mol. The predicted octanol–water partition coefficient (Wildman–Crippen LogP) is 3.91. The molecule has 1 aliphatic carbocycles. The zero-order chi connectivity index (χ0) is 12.1. The Morgan fingerprint density at radius 3 is 2.47 bits per heavy atom. The highest BCUT2D eigenvalue weighted by Crippen LogP contribution is 2.30. The van der Waals surface area contributed by atoms with Crippen molar-refractivity contribution in [2.45, 2.75) is 25.7 Å². The summed E-state index contributed by atoms with van der Waals surface area (Å²) < 4.78 is 1.12. The molecule has 3 heteroatoms. The van der Waals surface area contributed by atoms with Gasteiger partial charge in [0.1, 0.15) is 0 Å². The van der Waals surface area contributed by atoms with Gasteiger partial charge in [-0.2, -0.15) is 0 Å². The van der Waals surface area contributed by atoms with Gasteiger partial charge in [0, 0.05) is 22.4 Å². The number of hydrogen-bond donors (Lipinski definition) is 2. The Morgan fingerprint density at radius 1 is 1.24 bits per heavy atom. The number of halogens is 1. The van der Waals surface area contributed by atoms with Gasteiger partial charge >= 0.3 is 0 Å². The normalized spacial score (nSPS) is 14.4. The molecule has 0 heterocycles. The first kappa shape index (κ1) is 12.7. The van der Waals surface area contributed by atoms with Gasteiger partial charge in [0.05, 0.1) is 0 Å². The number of benzene rings is 1. The number of rotatable bonds is 5. The molecule has 0 amide bonds. The average Bonchev–Trinajstić information content (AvgIpc) is 2.26. The summed E-state index contributed by atoms with van der Waals surface area (Å²) in [6, 6.07) is 8.37. The molecule has 0 saturated heterocycles. The van der Waals surface area contributed by atoms with E-state index in [1.807, 2.05) is 7.05 Å². The molecule has 92 valence electrons. The van der Waals surface area contributed by atoms with Crippen LogP contribution < -0.4 is 10.6 Å². The molecular formula is C14H19BrN2. The van der Waals surface area contributed by atoms with E-state index in [-0.39, 0.29) is 0 Å². The Kier molecular flexibility index (Phi) is 4.63. The molecule has 17 heavy (non-hydrogen) atoms. The van der Waals surface area contributed by atoms with Crippen LogP contribution in [0.1, 0.15) is 25.7 Å². The molecule has 0 aliphatic heterocycles. The summed E-state index contributed by atoms with van der Waals surface area (Å²) >= 11 is 3.46. The van der Waals surface area contributed by atoms with Crippen LogP contribution in [-0.4, -0.2) is 13.6 Å². The second-order valence-electron chi connectivity index (χ2n) is 4.42. The molecule has 1 aromatic carbocycles. The minimum atomic E-state index is 1.03. The lowest BCUT2D eigenvalue weighted by atomic mass is 9.89. The third-order valence-corrected chi connectivity index (χ3v) is 3.68. The SMILES string of the molecule is CNCCC(Nc1ccc(Br)cc1)=C1CCC1. The van der Waals surface area contributed by atoms with E-state index >= 15 is 0 Å². The quantitative estimate of drug-likeness (QED) is 0.860. The van der Waals surface area contributed by atoms with Crippen LogP contribution in [0, 0.1) is 0 Å². The van der Waals surface area contributed by atoms with E-state index in [0.29, 0.717) is 0 Å². The zero-order valence-corrected chi connectivity index (χ0v) is 11.8. The third-order valence-electron chi connectivity index (χ3n) is 3.15. The molecule has 1 aromatic rings. The molecule has 0 radical (unpaired) electrons. The predicted molar refractivity (Wildman–Crippen MR) is 77.2 cm³/mol. The molecule has 1 aliphatic rings. The van der Waals surface area contributed by atoms with Gasteiger partial charge in [-0.1, -0.05) is 21.5 Å². The van der Waals surface area contributed by atoms with Gasteiger partial charge < -0.3 is 10.6 Å². The Balaban J connectivity index is 2.04. The largest absolute Gasteiger partial charge is 0.359 e. The van der Waals surface area contributed by atoms with Crippen LogP contribution in [0.4, 0.5) is 5.69 Å². The smallest absolute Gasteiger partial charge is 0.0382 e. The molecule has 0 spiro atoms. The molecule has 1 fully saturated rings. The van der Waals surface area contributed by atoms with Crippen molar-refractivity contribution in [3.05, 3.63) is 40.0 Å². The van der Waals surface area contributed by atoms with Crippen molar-refractivity contribution in [3.8, 4) is 0 Å². The maximum absolute atomic E-state index is 3.56. The number of anilines is 1. The Morgan fingerprint density at radius 2 is 1.94 bits per heavy atom. The van der Waals surface area contributed by atoms with E-state index in [9.17, 15) is 0 Å². The van der Waals surface area contributed by atoms with Gasteiger partial charge in [-0.15, -0.1) is 0 Å². The van der Waals surface area contributed by atoms with E-state index < -0.39 is 0 Å². The topological polar surface area (TPSA) is 24.1 Å². The minimum absolute atomic E-state index is 1.03. The van der Waals surface area contributed by atoms with Gasteiger partial charge in [-0.3, -0.25) is 0 Å². The summed E-state index contributed by atoms with van der Waals surface area (Å²) in [7, 11) is 2.00. The van der Waals surface area contributed by atoms with Crippen LogP contribution in [0.2, 0.25) is 0 Å². The van der Waals surface area contributed by atoms with Gasteiger partial charge in [0.25, 0.3) is 0 Å². The molecule has 0 atom stereocenters. The Bertz CT molecular complexity index is 389. The second kappa shape index (κ2) is 6.22. The van der Waals surface area contributed by atoms with Crippen LogP contribution in [0.25, 0.3) is 0 Å². The van der Waals surface area contributed by atoms with Crippen LogP contribution in [0.5, 0.6) is 0 Å². The summed E-state index contributed by atoms with van der Waals surface area (Å²) in [6.45, 7) is 1.03. The summed E-state index contributed by atoms with van der Waals surface area (Å²) in [6.07, 6.45) is 4.97. The van der Waals surface area contributed by atoms with Gasteiger partial charge in [0.2, 0.25) is 0 Å². The fourth-order valence-corrected chi connectivity index (χ4v) is 2.20. The first-order valence-electron chi connectivity index (χ1n) is 6.17. The summed E-state index contributed by atoms with van der Waals surface area (Å²) in [4.78, 5) is 0. The van der Waals surface area contributed by atoms with E-state index in [2.05, 4.69) is 50.8 Å². The van der Waals surface area contributed by atoms with Crippen molar-refractivity contribution >= 4 is 21.6 Å². The van der Waals surface area contributed by atoms with E-state index in [1.54, 1.807) is 5.57 Å². The first-order chi connectivity index (χ1) is 8.29. The van der Waals surface area contributed by atoms with E-state index in [4.69, 9.17) is 0 Å². The van der Waals surface area contributed by atoms with Crippen molar-refractivity contribution in [2.24, 2.45) is 0 Å². The molecule has 2 N–H and O–H groups in total. The molecule has 2 rings (SSSR count). The van der Waals surface area contributed by atoms with E-state index in [0.717, 1.165) is 17.4 Å². The standard InChI is InChI=1S/C14H19BrN2/c1-16-10-9-14(11-3-2-4-11)17-13-7-5-12(15)6-8-13/h5-8,16-17H,2-4,9-10H2,1H3.